The number of hydrogen-bond acceptors (Lipinski definition) is 4. The smallest absolute Gasteiger partial charge is 0.137 e. The normalized spacial score (nSPS) is 14.7. The summed E-state index contributed by atoms with van der Waals surface area (Å²) >= 11 is 0. The van der Waals surface area contributed by atoms with Crippen LogP contribution in [-0.4, -0.2) is 40.4 Å². The number of rotatable bonds is 7. The first kappa shape index (κ1) is 14.0. The highest BCUT2D eigenvalue weighted by Crippen LogP contribution is 2.12. The summed E-state index contributed by atoms with van der Waals surface area (Å²) in [4.78, 5) is 4.53. The third kappa shape index (κ3) is 3.53. The van der Waals surface area contributed by atoms with Gasteiger partial charge in [-0.25, -0.2) is 4.98 Å². The van der Waals surface area contributed by atoms with Gasteiger partial charge in [-0.2, -0.15) is 0 Å². The third-order valence-electron chi connectivity index (χ3n) is 3.24. The van der Waals surface area contributed by atoms with E-state index in [4.69, 9.17) is 9.84 Å². The van der Waals surface area contributed by atoms with Crippen molar-refractivity contribution in [3.63, 3.8) is 0 Å². The summed E-state index contributed by atoms with van der Waals surface area (Å²) in [5.41, 5.74) is 1.68. The Morgan fingerprint density at radius 1 is 1.47 bits per heavy atom. The van der Waals surface area contributed by atoms with Crippen molar-refractivity contribution in [1.29, 1.82) is 0 Å². The van der Waals surface area contributed by atoms with Crippen molar-refractivity contribution in [2.45, 2.75) is 25.4 Å². The van der Waals surface area contributed by atoms with Gasteiger partial charge in [0.05, 0.1) is 12.3 Å². The van der Waals surface area contributed by atoms with Crippen LogP contribution in [-0.2, 0) is 11.3 Å². The molecule has 0 fully saturated rings. The predicted molar refractivity (Wildman–Crippen MR) is 74.0 cm³/mol. The van der Waals surface area contributed by atoms with E-state index in [-0.39, 0.29) is 12.1 Å². The molecule has 0 amide bonds. The summed E-state index contributed by atoms with van der Waals surface area (Å²) < 4.78 is 7.20. The Hall–Kier alpha value is -1.43. The number of methoxy groups -OCH3 is 1. The van der Waals surface area contributed by atoms with Gasteiger partial charge in [0.1, 0.15) is 5.65 Å². The van der Waals surface area contributed by atoms with Crippen LogP contribution >= 0.6 is 0 Å². The Bertz CT molecular complexity index is 485. The lowest BCUT2D eigenvalue weighted by molar-refractivity contribution is 0.0967. The monoisotopic (exact) mass is 263 g/mol. The fraction of sp³-hybridized carbons (Fsp3) is 0.500. The zero-order valence-electron chi connectivity index (χ0n) is 11.5. The molecule has 0 bridgehead atoms. The van der Waals surface area contributed by atoms with E-state index in [2.05, 4.69) is 10.3 Å². The molecule has 19 heavy (non-hydrogen) atoms. The van der Waals surface area contributed by atoms with E-state index in [0.29, 0.717) is 19.6 Å². The lowest BCUT2D eigenvalue weighted by atomic mass is 9.99. The maximum Gasteiger partial charge on any atom is 0.137 e. The molecular formula is C14H21N3O2. The zero-order chi connectivity index (χ0) is 13.7. The topological polar surface area (TPSA) is 58.8 Å². The van der Waals surface area contributed by atoms with Crippen LogP contribution in [0, 0.1) is 0 Å². The minimum atomic E-state index is -0.237. The van der Waals surface area contributed by atoms with Gasteiger partial charge in [0, 0.05) is 38.2 Å². The Kier molecular flexibility index (Phi) is 4.52. The Morgan fingerprint density at radius 3 is 3.00 bits per heavy atom. The second kappa shape index (κ2) is 6.14. The van der Waals surface area contributed by atoms with Gasteiger partial charge >= 0.3 is 0 Å². The van der Waals surface area contributed by atoms with Gasteiger partial charge in [-0.15, -0.1) is 0 Å². The molecule has 2 heterocycles. The summed E-state index contributed by atoms with van der Waals surface area (Å²) in [6.07, 6.45) is 4.64. The lowest BCUT2D eigenvalue weighted by Gasteiger charge is -2.29. The van der Waals surface area contributed by atoms with Crippen LogP contribution in [0.4, 0.5) is 0 Å². The average Bonchev–Trinajstić information content (AvgIpc) is 2.80. The number of imidazole rings is 1. The van der Waals surface area contributed by atoms with Crippen molar-refractivity contribution in [3.05, 3.63) is 36.3 Å². The molecule has 0 saturated carbocycles. The minimum Gasteiger partial charge on any atom is -0.396 e. The van der Waals surface area contributed by atoms with E-state index in [9.17, 15) is 0 Å². The number of aliphatic hydroxyl groups is 1. The maximum absolute atomic E-state index is 9.12. The molecule has 0 aliphatic heterocycles. The number of nitrogens with zero attached hydrogens (tertiary/aromatic N) is 2. The summed E-state index contributed by atoms with van der Waals surface area (Å²) in [6, 6.07) is 5.93. The molecule has 5 heteroatoms. The van der Waals surface area contributed by atoms with E-state index in [1.807, 2.05) is 41.9 Å². The number of ether oxygens (including phenoxy) is 1. The molecule has 0 radical (unpaired) electrons. The first-order valence-corrected chi connectivity index (χ1v) is 6.44. The second-order valence-corrected chi connectivity index (χ2v) is 5.02. The lowest BCUT2D eigenvalue weighted by Crippen LogP contribution is -2.46. The van der Waals surface area contributed by atoms with Crippen molar-refractivity contribution >= 4 is 5.65 Å². The Labute approximate surface area is 113 Å². The number of aliphatic hydroxyl groups excluding tert-OH is 1. The Morgan fingerprint density at radius 2 is 2.32 bits per heavy atom. The van der Waals surface area contributed by atoms with Crippen LogP contribution < -0.4 is 5.32 Å². The molecule has 0 aromatic carbocycles. The Balaban J connectivity index is 2.03. The quantitative estimate of drug-likeness (QED) is 0.788. The van der Waals surface area contributed by atoms with E-state index in [1.165, 1.54) is 0 Å². The largest absolute Gasteiger partial charge is 0.396 e. The number of pyridine rings is 1. The molecule has 2 aromatic heterocycles. The van der Waals surface area contributed by atoms with Crippen LogP contribution in [0.25, 0.3) is 5.65 Å². The summed E-state index contributed by atoms with van der Waals surface area (Å²) in [5.74, 6) is 0. The fourth-order valence-corrected chi connectivity index (χ4v) is 2.15. The molecule has 0 saturated heterocycles. The van der Waals surface area contributed by atoms with Crippen LogP contribution in [0.3, 0.4) is 0 Å². The van der Waals surface area contributed by atoms with Crippen molar-refractivity contribution < 1.29 is 9.84 Å². The van der Waals surface area contributed by atoms with Crippen molar-refractivity contribution in [2.75, 3.05) is 20.3 Å². The molecule has 2 N–H and O–H groups in total. The number of aromatic nitrogens is 2. The van der Waals surface area contributed by atoms with Crippen LogP contribution in [0.2, 0.25) is 0 Å². The molecule has 5 nitrogen and oxygen atoms in total. The van der Waals surface area contributed by atoms with Gasteiger partial charge in [0.25, 0.3) is 0 Å². The maximum atomic E-state index is 9.12. The number of fused-ring (bicyclic) bond motifs is 1. The first-order chi connectivity index (χ1) is 9.17. The molecule has 1 atom stereocenters. The fourth-order valence-electron chi connectivity index (χ4n) is 2.15. The van der Waals surface area contributed by atoms with Gasteiger partial charge in [0.15, 0.2) is 0 Å². The van der Waals surface area contributed by atoms with E-state index in [0.717, 1.165) is 11.3 Å². The molecule has 104 valence electrons. The minimum absolute atomic E-state index is 0.137. The average molecular weight is 263 g/mol. The molecule has 2 aromatic rings. The summed E-state index contributed by atoms with van der Waals surface area (Å²) in [7, 11) is 1.67. The van der Waals surface area contributed by atoms with Crippen LogP contribution in [0.5, 0.6) is 0 Å². The highest BCUT2D eigenvalue weighted by Gasteiger charge is 2.23. The SMILES string of the molecule is COCC(C)(CCO)NCc1cn2ccccc2n1. The van der Waals surface area contributed by atoms with Crippen molar-refractivity contribution in [2.24, 2.45) is 0 Å². The van der Waals surface area contributed by atoms with Crippen molar-refractivity contribution in [1.82, 2.24) is 14.7 Å². The first-order valence-electron chi connectivity index (χ1n) is 6.44. The van der Waals surface area contributed by atoms with Crippen LogP contribution in [0.15, 0.2) is 30.6 Å². The van der Waals surface area contributed by atoms with E-state index < -0.39 is 0 Å². The van der Waals surface area contributed by atoms with Gasteiger partial charge < -0.3 is 19.6 Å². The van der Waals surface area contributed by atoms with E-state index in [1.54, 1.807) is 7.11 Å². The molecule has 0 aliphatic rings. The van der Waals surface area contributed by atoms with Gasteiger partial charge in [-0.05, 0) is 25.5 Å². The molecule has 1 unspecified atom stereocenters. The number of nitrogens with one attached hydrogen (secondary N) is 1. The summed E-state index contributed by atoms with van der Waals surface area (Å²) in [6.45, 7) is 3.39. The molecule has 0 aliphatic carbocycles. The standard InChI is InChI=1S/C14H21N3O2/c1-14(6-8-18,11-19-2)15-9-12-10-17-7-4-3-5-13(17)16-12/h3-5,7,10,15,18H,6,8-9,11H2,1-2H3. The highest BCUT2D eigenvalue weighted by atomic mass is 16.5. The number of hydrogen-bond donors (Lipinski definition) is 2. The second-order valence-electron chi connectivity index (χ2n) is 5.02. The van der Waals surface area contributed by atoms with Gasteiger partial charge in [-0.3, -0.25) is 0 Å². The van der Waals surface area contributed by atoms with E-state index >= 15 is 0 Å². The zero-order valence-corrected chi connectivity index (χ0v) is 11.5. The third-order valence-corrected chi connectivity index (χ3v) is 3.24. The van der Waals surface area contributed by atoms with Gasteiger partial charge in [0.2, 0.25) is 0 Å². The summed E-state index contributed by atoms with van der Waals surface area (Å²) in [5, 5.41) is 12.5. The van der Waals surface area contributed by atoms with Crippen molar-refractivity contribution in [3.8, 4) is 0 Å². The predicted octanol–water partition coefficient (Wildman–Crippen LogP) is 1.21. The highest BCUT2D eigenvalue weighted by molar-refractivity contribution is 5.39. The van der Waals surface area contributed by atoms with Crippen LogP contribution in [0.1, 0.15) is 19.0 Å². The molecular weight excluding hydrogens is 242 g/mol. The molecule has 2 rings (SSSR count). The molecule has 0 spiro atoms. The van der Waals surface area contributed by atoms with Gasteiger partial charge in [-0.1, -0.05) is 6.07 Å².